The van der Waals surface area contributed by atoms with Gasteiger partial charge in [0, 0.05) is 10.7 Å². The molecule has 0 bridgehead atoms. The van der Waals surface area contributed by atoms with Crippen molar-refractivity contribution in [3.8, 4) is 0 Å². The average molecular weight is 271 g/mol. The zero-order chi connectivity index (χ0) is 12.8. The van der Waals surface area contributed by atoms with Crippen LogP contribution in [0.1, 0.15) is 6.92 Å². The van der Waals surface area contributed by atoms with E-state index < -0.39 is 0 Å². The van der Waals surface area contributed by atoms with Crippen LogP contribution < -0.4 is 16.5 Å². The second-order valence-electron chi connectivity index (χ2n) is 3.13. The summed E-state index contributed by atoms with van der Waals surface area (Å²) in [5.74, 6) is -0.351. The van der Waals surface area contributed by atoms with E-state index in [1.54, 1.807) is 24.3 Å². The number of nitrogens with two attached hydrogens (primary N) is 1. The maximum absolute atomic E-state index is 11.6. The van der Waals surface area contributed by atoms with Crippen LogP contribution in [-0.2, 0) is 4.79 Å². The topological polar surface area (TPSA) is 79.5 Å². The zero-order valence-electron chi connectivity index (χ0n) is 9.03. The molecule has 4 N–H and O–H groups in total. The minimum atomic E-state index is -0.351. The Morgan fingerprint density at radius 1 is 1.41 bits per heavy atom. The molecule has 0 aromatic heterocycles. The predicted molar refractivity (Wildman–Crippen MR) is 73.1 cm³/mol. The number of hydrogen-bond donors (Lipinski definition) is 3. The number of carbonyl (C=O) groups is 1. The third kappa shape index (κ3) is 4.80. The van der Waals surface area contributed by atoms with Crippen LogP contribution >= 0.6 is 23.8 Å². The summed E-state index contributed by atoms with van der Waals surface area (Å²) in [6.07, 6.45) is 0. The lowest BCUT2D eigenvalue weighted by atomic mass is 10.3. The summed E-state index contributed by atoms with van der Waals surface area (Å²) in [7, 11) is 0. The van der Waals surface area contributed by atoms with Crippen LogP contribution in [0.4, 0.5) is 5.69 Å². The molecule has 5 nitrogen and oxygen atoms in total. The van der Waals surface area contributed by atoms with Gasteiger partial charge in [0.15, 0.2) is 5.11 Å². The molecule has 1 aromatic rings. The third-order valence-electron chi connectivity index (χ3n) is 1.76. The van der Waals surface area contributed by atoms with Crippen LogP contribution in [0.3, 0.4) is 0 Å². The van der Waals surface area contributed by atoms with Gasteiger partial charge in [-0.25, -0.2) is 0 Å². The molecule has 1 rings (SSSR count). The third-order valence-corrected chi connectivity index (χ3v) is 2.11. The number of hydrogen-bond acceptors (Lipinski definition) is 3. The van der Waals surface area contributed by atoms with E-state index in [2.05, 4.69) is 28.1 Å². The molecule has 0 radical (unpaired) electrons. The fourth-order valence-corrected chi connectivity index (χ4v) is 1.12. The van der Waals surface area contributed by atoms with Crippen molar-refractivity contribution < 1.29 is 4.79 Å². The van der Waals surface area contributed by atoms with Crippen LogP contribution in [-0.4, -0.2) is 16.7 Å². The average Bonchev–Trinajstić information content (AvgIpc) is 2.28. The Morgan fingerprint density at radius 3 is 2.53 bits per heavy atom. The van der Waals surface area contributed by atoms with Crippen LogP contribution in [0.15, 0.2) is 29.4 Å². The van der Waals surface area contributed by atoms with Crippen molar-refractivity contribution in [2.75, 3.05) is 5.32 Å². The highest BCUT2D eigenvalue weighted by molar-refractivity contribution is 7.80. The van der Waals surface area contributed by atoms with Crippen molar-refractivity contribution in [1.82, 2.24) is 5.43 Å². The summed E-state index contributed by atoms with van der Waals surface area (Å²) in [6, 6.07) is 6.73. The minimum absolute atomic E-state index is 0.00337. The lowest BCUT2D eigenvalue weighted by molar-refractivity contribution is -0.110. The van der Waals surface area contributed by atoms with Crippen molar-refractivity contribution in [2.24, 2.45) is 10.8 Å². The van der Waals surface area contributed by atoms with Gasteiger partial charge in [0.25, 0.3) is 5.91 Å². The number of nitrogens with zero attached hydrogens (tertiary/aromatic N) is 1. The van der Waals surface area contributed by atoms with E-state index in [4.69, 9.17) is 17.3 Å². The molecule has 1 amide bonds. The molecule has 0 heterocycles. The first-order valence-electron chi connectivity index (χ1n) is 4.65. The SMILES string of the molecule is CC(=NNC(N)=S)C(=O)Nc1ccc(Cl)cc1. The molecule has 0 fully saturated rings. The van der Waals surface area contributed by atoms with E-state index in [1.165, 1.54) is 6.92 Å². The van der Waals surface area contributed by atoms with E-state index in [1.807, 2.05) is 0 Å². The van der Waals surface area contributed by atoms with Gasteiger partial charge in [0.2, 0.25) is 0 Å². The van der Waals surface area contributed by atoms with E-state index in [9.17, 15) is 4.79 Å². The quantitative estimate of drug-likeness (QED) is 0.442. The van der Waals surface area contributed by atoms with E-state index in [0.717, 1.165) is 0 Å². The highest BCUT2D eigenvalue weighted by atomic mass is 35.5. The number of hydrazone groups is 1. The summed E-state index contributed by atoms with van der Waals surface area (Å²) in [5.41, 5.74) is 8.36. The van der Waals surface area contributed by atoms with Gasteiger partial charge in [-0.1, -0.05) is 11.6 Å². The molecule has 0 saturated heterocycles. The number of nitrogens with one attached hydrogen (secondary N) is 2. The Hall–Kier alpha value is -1.66. The largest absolute Gasteiger partial charge is 0.375 e. The molecule has 0 saturated carbocycles. The molecular weight excluding hydrogens is 260 g/mol. The van der Waals surface area contributed by atoms with Gasteiger partial charge in [-0.15, -0.1) is 0 Å². The molecule has 1 aromatic carbocycles. The van der Waals surface area contributed by atoms with E-state index >= 15 is 0 Å². The first-order chi connectivity index (χ1) is 7.99. The second kappa shape index (κ2) is 6.17. The summed E-state index contributed by atoms with van der Waals surface area (Å²) >= 11 is 10.3. The van der Waals surface area contributed by atoms with Crippen LogP contribution in [0.5, 0.6) is 0 Å². The monoisotopic (exact) mass is 270 g/mol. The Balaban J connectivity index is 2.63. The minimum Gasteiger partial charge on any atom is -0.375 e. The van der Waals surface area contributed by atoms with Crippen LogP contribution in [0, 0.1) is 0 Å². The van der Waals surface area contributed by atoms with Gasteiger partial charge < -0.3 is 11.1 Å². The molecule has 0 aliphatic heterocycles. The van der Waals surface area contributed by atoms with Gasteiger partial charge in [0.1, 0.15) is 5.71 Å². The molecular formula is C10H11ClN4OS. The Morgan fingerprint density at radius 2 is 2.00 bits per heavy atom. The van der Waals surface area contributed by atoms with Crippen molar-refractivity contribution in [3.63, 3.8) is 0 Å². The van der Waals surface area contributed by atoms with Gasteiger partial charge in [0.05, 0.1) is 0 Å². The number of thiocarbonyl (C=S) groups is 1. The number of rotatable bonds is 3. The van der Waals surface area contributed by atoms with Gasteiger partial charge >= 0.3 is 0 Å². The molecule has 0 unspecified atom stereocenters. The van der Waals surface area contributed by atoms with Gasteiger partial charge in [-0.2, -0.15) is 5.10 Å². The van der Waals surface area contributed by atoms with Crippen molar-refractivity contribution >= 4 is 46.2 Å². The zero-order valence-corrected chi connectivity index (χ0v) is 10.6. The number of amides is 1. The van der Waals surface area contributed by atoms with Crippen molar-refractivity contribution in [2.45, 2.75) is 6.92 Å². The molecule has 0 atom stereocenters. The van der Waals surface area contributed by atoms with Crippen molar-refractivity contribution in [3.05, 3.63) is 29.3 Å². The normalized spacial score (nSPS) is 10.8. The number of benzene rings is 1. The Labute approximate surface area is 109 Å². The molecule has 0 spiro atoms. The molecule has 90 valence electrons. The lowest BCUT2D eigenvalue weighted by Crippen LogP contribution is -2.28. The van der Waals surface area contributed by atoms with E-state index in [-0.39, 0.29) is 16.7 Å². The first-order valence-corrected chi connectivity index (χ1v) is 5.44. The Bertz CT molecular complexity index is 458. The van der Waals surface area contributed by atoms with Crippen LogP contribution in [0.2, 0.25) is 5.02 Å². The van der Waals surface area contributed by atoms with Crippen molar-refractivity contribution in [1.29, 1.82) is 0 Å². The highest BCUT2D eigenvalue weighted by Crippen LogP contribution is 2.13. The van der Waals surface area contributed by atoms with E-state index in [0.29, 0.717) is 10.7 Å². The molecule has 0 aliphatic rings. The van der Waals surface area contributed by atoms with Gasteiger partial charge in [-0.05, 0) is 43.4 Å². The maximum atomic E-state index is 11.6. The second-order valence-corrected chi connectivity index (χ2v) is 4.01. The Kier molecular flexibility index (Phi) is 4.86. The summed E-state index contributed by atoms with van der Waals surface area (Å²) in [6.45, 7) is 1.54. The lowest BCUT2D eigenvalue weighted by Gasteiger charge is -2.04. The fraction of sp³-hybridized carbons (Fsp3) is 0.100. The molecule has 7 heteroatoms. The number of carbonyl (C=O) groups excluding carboxylic acids is 1. The number of anilines is 1. The fourth-order valence-electron chi connectivity index (χ4n) is 0.944. The standard InChI is InChI=1S/C10H11ClN4OS/c1-6(14-15-10(12)17)9(16)13-8-4-2-7(11)3-5-8/h2-5H,1H3,(H,13,16)(H3,12,15,17). The molecule has 0 aliphatic carbocycles. The van der Waals surface area contributed by atoms with Crippen LogP contribution in [0.25, 0.3) is 0 Å². The predicted octanol–water partition coefficient (Wildman–Crippen LogP) is 1.49. The molecule has 17 heavy (non-hydrogen) atoms. The highest BCUT2D eigenvalue weighted by Gasteiger charge is 2.06. The maximum Gasteiger partial charge on any atom is 0.271 e. The first kappa shape index (κ1) is 13.4. The summed E-state index contributed by atoms with van der Waals surface area (Å²) in [5, 5.41) is 6.94. The summed E-state index contributed by atoms with van der Waals surface area (Å²) in [4.78, 5) is 11.6. The number of halogens is 1. The summed E-state index contributed by atoms with van der Waals surface area (Å²) < 4.78 is 0. The smallest absolute Gasteiger partial charge is 0.271 e. The van der Waals surface area contributed by atoms with Gasteiger partial charge in [-0.3, -0.25) is 10.2 Å².